The molecule has 1 aromatic heterocycles. The fourth-order valence-electron chi connectivity index (χ4n) is 1.79. The molecule has 0 aliphatic carbocycles. The van der Waals surface area contributed by atoms with Crippen molar-refractivity contribution in [2.24, 2.45) is 0 Å². The van der Waals surface area contributed by atoms with Gasteiger partial charge in [0, 0.05) is 24.2 Å². The lowest BCUT2D eigenvalue weighted by atomic mass is 10.1. The summed E-state index contributed by atoms with van der Waals surface area (Å²) >= 11 is 0. The molecule has 0 amide bonds. The molecule has 20 heavy (non-hydrogen) atoms. The number of aromatic nitrogens is 1. The smallest absolute Gasteiger partial charge is 0.270 e. The molecule has 0 saturated heterocycles. The van der Waals surface area contributed by atoms with Gasteiger partial charge in [0.2, 0.25) is 0 Å². The largest absolute Gasteiger partial charge is 0.369 e. The van der Waals surface area contributed by atoms with Crippen LogP contribution in [0, 0.1) is 21.4 Å². The van der Waals surface area contributed by atoms with Gasteiger partial charge in [0.15, 0.2) is 0 Å². The number of nitrogens with one attached hydrogen (secondary N) is 1. The van der Waals surface area contributed by atoms with Crippen molar-refractivity contribution in [3.8, 4) is 17.3 Å². The van der Waals surface area contributed by atoms with E-state index < -0.39 is 4.92 Å². The Bertz CT molecular complexity index is 692. The van der Waals surface area contributed by atoms with Crippen LogP contribution in [-0.4, -0.2) is 16.5 Å². The van der Waals surface area contributed by atoms with E-state index in [0.29, 0.717) is 29.2 Å². The third-order valence-corrected chi connectivity index (χ3v) is 2.71. The standard InChI is InChI=1S/C14H12N4O2/c1-2-16-14-11(9-15)6-7-13(17-14)10-4-3-5-12(8-10)18(19)20/h3-8H,2H2,1H3,(H,16,17). The summed E-state index contributed by atoms with van der Waals surface area (Å²) in [5, 5.41) is 22.8. The summed E-state index contributed by atoms with van der Waals surface area (Å²) in [4.78, 5) is 14.7. The Morgan fingerprint density at radius 1 is 1.40 bits per heavy atom. The van der Waals surface area contributed by atoms with E-state index in [2.05, 4.69) is 16.4 Å². The van der Waals surface area contributed by atoms with Crippen LogP contribution in [0.15, 0.2) is 36.4 Å². The van der Waals surface area contributed by atoms with Crippen molar-refractivity contribution in [1.29, 1.82) is 5.26 Å². The number of pyridine rings is 1. The second-order valence-corrected chi connectivity index (χ2v) is 4.04. The Morgan fingerprint density at radius 2 is 2.20 bits per heavy atom. The highest BCUT2D eigenvalue weighted by Gasteiger charge is 2.10. The molecule has 2 aromatic rings. The molecule has 1 aromatic carbocycles. The lowest BCUT2D eigenvalue weighted by Crippen LogP contribution is -2.02. The van der Waals surface area contributed by atoms with Gasteiger partial charge in [-0.2, -0.15) is 5.26 Å². The van der Waals surface area contributed by atoms with Gasteiger partial charge in [-0.25, -0.2) is 4.98 Å². The van der Waals surface area contributed by atoms with E-state index in [-0.39, 0.29) is 5.69 Å². The van der Waals surface area contributed by atoms with Crippen LogP contribution in [0.5, 0.6) is 0 Å². The molecule has 1 N–H and O–H groups in total. The number of non-ortho nitro benzene ring substituents is 1. The third kappa shape index (κ3) is 2.72. The summed E-state index contributed by atoms with van der Waals surface area (Å²) in [7, 11) is 0. The maximum Gasteiger partial charge on any atom is 0.270 e. The number of nitro groups is 1. The number of nitriles is 1. The third-order valence-electron chi connectivity index (χ3n) is 2.71. The normalized spacial score (nSPS) is 9.80. The highest BCUT2D eigenvalue weighted by molar-refractivity contribution is 5.66. The van der Waals surface area contributed by atoms with E-state index in [9.17, 15) is 10.1 Å². The van der Waals surface area contributed by atoms with Crippen molar-refractivity contribution in [3.63, 3.8) is 0 Å². The second-order valence-electron chi connectivity index (χ2n) is 4.04. The highest BCUT2D eigenvalue weighted by atomic mass is 16.6. The minimum atomic E-state index is -0.446. The van der Waals surface area contributed by atoms with Gasteiger partial charge in [-0.1, -0.05) is 12.1 Å². The van der Waals surface area contributed by atoms with Gasteiger partial charge in [0.05, 0.1) is 16.2 Å². The van der Waals surface area contributed by atoms with Gasteiger partial charge in [0.1, 0.15) is 11.9 Å². The Morgan fingerprint density at radius 3 is 2.85 bits per heavy atom. The van der Waals surface area contributed by atoms with E-state index in [1.165, 1.54) is 12.1 Å². The lowest BCUT2D eigenvalue weighted by Gasteiger charge is -2.07. The number of rotatable bonds is 4. The van der Waals surface area contributed by atoms with Crippen molar-refractivity contribution < 1.29 is 4.92 Å². The van der Waals surface area contributed by atoms with Gasteiger partial charge in [-0.3, -0.25) is 10.1 Å². The molecule has 0 saturated carbocycles. The number of hydrogen-bond donors (Lipinski definition) is 1. The van der Waals surface area contributed by atoms with Crippen molar-refractivity contribution in [1.82, 2.24) is 4.98 Å². The van der Waals surface area contributed by atoms with Gasteiger partial charge < -0.3 is 5.32 Å². The molecule has 0 atom stereocenters. The summed E-state index contributed by atoms with van der Waals surface area (Å²) in [5.41, 5.74) is 1.69. The predicted octanol–water partition coefficient (Wildman–Crippen LogP) is 2.96. The molecular weight excluding hydrogens is 256 g/mol. The number of nitro benzene ring substituents is 1. The summed E-state index contributed by atoms with van der Waals surface area (Å²) in [6.07, 6.45) is 0. The zero-order valence-corrected chi connectivity index (χ0v) is 10.8. The topological polar surface area (TPSA) is 91.8 Å². The van der Waals surface area contributed by atoms with E-state index >= 15 is 0 Å². The molecule has 6 heteroatoms. The molecule has 0 spiro atoms. The van der Waals surface area contributed by atoms with Crippen LogP contribution in [-0.2, 0) is 0 Å². The first-order valence-electron chi connectivity index (χ1n) is 6.05. The molecular formula is C14H12N4O2. The fraction of sp³-hybridized carbons (Fsp3) is 0.143. The number of benzene rings is 1. The Kier molecular flexibility index (Phi) is 3.91. The van der Waals surface area contributed by atoms with Crippen LogP contribution in [0.3, 0.4) is 0 Å². The van der Waals surface area contributed by atoms with Crippen LogP contribution in [0.25, 0.3) is 11.3 Å². The first kappa shape index (κ1) is 13.5. The van der Waals surface area contributed by atoms with Gasteiger partial charge in [0.25, 0.3) is 5.69 Å². The van der Waals surface area contributed by atoms with E-state index in [1.54, 1.807) is 24.3 Å². The highest BCUT2D eigenvalue weighted by Crippen LogP contribution is 2.24. The zero-order valence-electron chi connectivity index (χ0n) is 10.8. The van der Waals surface area contributed by atoms with Crippen LogP contribution >= 0.6 is 0 Å². The monoisotopic (exact) mass is 268 g/mol. The average molecular weight is 268 g/mol. The minimum Gasteiger partial charge on any atom is -0.369 e. The van der Waals surface area contributed by atoms with Crippen LogP contribution < -0.4 is 5.32 Å². The van der Waals surface area contributed by atoms with Crippen molar-refractivity contribution in [2.45, 2.75) is 6.92 Å². The maximum atomic E-state index is 10.8. The second kappa shape index (κ2) is 5.80. The van der Waals surface area contributed by atoms with Gasteiger partial charge in [-0.15, -0.1) is 0 Å². The number of anilines is 1. The molecule has 0 radical (unpaired) electrons. The SMILES string of the molecule is CCNc1nc(-c2cccc([N+](=O)[O-])c2)ccc1C#N. The van der Waals surface area contributed by atoms with Crippen LogP contribution in [0.4, 0.5) is 11.5 Å². The first-order chi connectivity index (χ1) is 9.65. The Balaban J connectivity index is 2.48. The summed E-state index contributed by atoms with van der Waals surface area (Å²) < 4.78 is 0. The zero-order chi connectivity index (χ0) is 14.5. The molecule has 6 nitrogen and oxygen atoms in total. The number of nitrogens with zero attached hydrogens (tertiary/aromatic N) is 3. The van der Waals surface area contributed by atoms with Crippen molar-refractivity contribution in [2.75, 3.05) is 11.9 Å². The molecule has 0 bridgehead atoms. The van der Waals surface area contributed by atoms with Crippen LogP contribution in [0.1, 0.15) is 12.5 Å². The molecule has 0 unspecified atom stereocenters. The van der Waals surface area contributed by atoms with E-state index in [4.69, 9.17) is 5.26 Å². The summed E-state index contributed by atoms with van der Waals surface area (Å²) in [6.45, 7) is 2.54. The molecule has 0 aliphatic rings. The molecule has 100 valence electrons. The Labute approximate surface area is 115 Å². The average Bonchev–Trinajstić information content (AvgIpc) is 2.47. The molecule has 0 aliphatic heterocycles. The predicted molar refractivity (Wildman–Crippen MR) is 75.2 cm³/mol. The van der Waals surface area contributed by atoms with Gasteiger partial charge >= 0.3 is 0 Å². The quantitative estimate of drug-likeness (QED) is 0.679. The van der Waals surface area contributed by atoms with Crippen molar-refractivity contribution in [3.05, 3.63) is 52.1 Å². The first-order valence-corrected chi connectivity index (χ1v) is 6.05. The summed E-state index contributed by atoms with van der Waals surface area (Å²) in [6, 6.07) is 11.6. The van der Waals surface area contributed by atoms with Crippen LogP contribution in [0.2, 0.25) is 0 Å². The van der Waals surface area contributed by atoms with E-state index in [1.807, 2.05) is 6.92 Å². The lowest BCUT2D eigenvalue weighted by molar-refractivity contribution is -0.384. The molecule has 2 rings (SSSR count). The maximum absolute atomic E-state index is 10.8. The van der Waals surface area contributed by atoms with Crippen molar-refractivity contribution >= 4 is 11.5 Å². The number of hydrogen-bond acceptors (Lipinski definition) is 5. The fourth-order valence-corrected chi connectivity index (χ4v) is 1.79. The van der Waals surface area contributed by atoms with Gasteiger partial charge in [-0.05, 0) is 19.1 Å². The van der Waals surface area contributed by atoms with E-state index in [0.717, 1.165) is 0 Å². The molecule has 1 heterocycles. The Hall–Kier alpha value is -2.94. The summed E-state index contributed by atoms with van der Waals surface area (Å²) in [5.74, 6) is 0.485. The molecule has 0 fully saturated rings. The minimum absolute atomic E-state index is 0.0126.